The summed E-state index contributed by atoms with van der Waals surface area (Å²) >= 11 is 0. The van der Waals surface area contributed by atoms with Gasteiger partial charge in [-0.1, -0.05) is 48.5 Å². The molecular weight excluding hydrogens is 929 g/mol. The second-order valence-electron chi connectivity index (χ2n) is 17.3. The van der Waals surface area contributed by atoms with E-state index in [9.17, 15) is 80.5 Å². The van der Waals surface area contributed by atoms with Crippen molar-refractivity contribution in [1.29, 1.82) is 0 Å². The average molecular weight is 969 g/mol. The van der Waals surface area contributed by atoms with Gasteiger partial charge >= 0.3 is 23.9 Å². The maximum Gasteiger partial charge on any atom is 0.335 e. The molecule has 0 atom stereocenters. The Kier molecular flexibility index (Phi) is 11.9. The second-order valence-corrected chi connectivity index (χ2v) is 17.3. The number of aromatic carboxylic acids is 4. The molecule has 8 aromatic carbocycles. The average Bonchev–Trinajstić information content (AvgIpc) is 3.34. The first-order chi connectivity index (χ1) is 34.3. The Morgan fingerprint density at radius 3 is 0.500 bits per heavy atom. The topological polar surface area (TPSA) is 311 Å². The summed E-state index contributed by atoms with van der Waals surface area (Å²) < 4.78 is 0. The Labute approximate surface area is 407 Å². The van der Waals surface area contributed by atoms with Gasteiger partial charge in [0.2, 0.25) is 0 Å². The van der Waals surface area contributed by atoms with Crippen molar-refractivity contribution in [2.45, 2.75) is 23.7 Å². The number of hydrogen-bond donors (Lipinski definition) is 12. The lowest BCUT2D eigenvalue weighted by Gasteiger charge is -2.29. The molecule has 0 unspecified atom stereocenters. The third-order valence-electron chi connectivity index (χ3n) is 13.2. The highest BCUT2D eigenvalue weighted by Crippen LogP contribution is 2.53. The molecule has 0 aromatic heterocycles. The molecule has 9 rings (SSSR count). The van der Waals surface area contributed by atoms with E-state index in [2.05, 4.69) is 0 Å². The van der Waals surface area contributed by atoms with Gasteiger partial charge in [-0.15, -0.1) is 0 Å². The quantitative estimate of drug-likeness (QED) is 0.0675. The summed E-state index contributed by atoms with van der Waals surface area (Å²) in [4.78, 5) is 48.3. The van der Waals surface area contributed by atoms with Crippen LogP contribution in [0.5, 0.6) is 46.0 Å². The normalized spacial score (nSPS) is 16.1. The zero-order chi connectivity index (χ0) is 51.4. The second kappa shape index (κ2) is 18.2. The highest BCUT2D eigenvalue weighted by atomic mass is 16.4. The number of hydrogen-bond acceptors (Lipinski definition) is 12. The predicted octanol–water partition coefficient (Wildman–Crippen LogP) is 9.16. The van der Waals surface area contributed by atoms with Gasteiger partial charge in [0.25, 0.3) is 0 Å². The van der Waals surface area contributed by atoms with Crippen LogP contribution in [0.3, 0.4) is 0 Å². The first kappa shape index (κ1) is 47.1. The van der Waals surface area contributed by atoms with E-state index in [4.69, 9.17) is 0 Å². The number of fused-ring (bicyclic) bond motifs is 8. The van der Waals surface area contributed by atoms with Crippen LogP contribution in [0.1, 0.15) is 132 Å². The van der Waals surface area contributed by atoms with E-state index in [-0.39, 0.29) is 89.0 Å². The number of rotatable bonds is 8. The molecule has 0 saturated heterocycles. The molecule has 16 heteroatoms. The fourth-order valence-corrected chi connectivity index (χ4v) is 9.68. The van der Waals surface area contributed by atoms with E-state index in [0.717, 1.165) is 24.3 Å². The lowest BCUT2D eigenvalue weighted by molar-refractivity contribution is 0.0686. The highest BCUT2D eigenvalue weighted by molar-refractivity contribution is 5.89. The zero-order valence-electron chi connectivity index (χ0n) is 37.2. The van der Waals surface area contributed by atoms with Crippen molar-refractivity contribution < 1.29 is 80.5 Å². The molecule has 0 saturated carbocycles. The van der Waals surface area contributed by atoms with Gasteiger partial charge in [-0.05, 0) is 95.1 Å². The molecule has 360 valence electrons. The smallest absolute Gasteiger partial charge is 0.335 e. The molecule has 0 spiro atoms. The lowest BCUT2D eigenvalue weighted by atomic mass is 9.75. The van der Waals surface area contributed by atoms with E-state index >= 15 is 0 Å². The van der Waals surface area contributed by atoms with E-state index in [1.165, 1.54) is 121 Å². The third kappa shape index (κ3) is 8.38. The van der Waals surface area contributed by atoms with Gasteiger partial charge in [-0.2, -0.15) is 0 Å². The number of carbonyl (C=O) groups is 4. The Morgan fingerprint density at radius 1 is 0.236 bits per heavy atom. The minimum atomic E-state index is -1.31. The minimum absolute atomic E-state index is 0.0379. The summed E-state index contributed by atoms with van der Waals surface area (Å²) in [7, 11) is 0. The van der Waals surface area contributed by atoms with Crippen LogP contribution in [0.25, 0.3) is 0 Å². The van der Waals surface area contributed by atoms with Crippen LogP contribution in [0, 0.1) is 0 Å². The van der Waals surface area contributed by atoms with Gasteiger partial charge in [0.05, 0.1) is 22.3 Å². The fourth-order valence-electron chi connectivity index (χ4n) is 9.68. The molecular formula is C56H40O16. The summed E-state index contributed by atoms with van der Waals surface area (Å²) in [6.45, 7) is 0. The van der Waals surface area contributed by atoms with Crippen LogP contribution >= 0.6 is 0 Å². The van der Waals surface area contributed by atoms with Gasteiger partial charge in [0, 0.05) is 92.4 Å². The third-order valence-corrected chi connectivity index (χ3v) is 13.2. The van der Waals surface area contributed by atoms with E-state index < -0.39 is 93.5 Å². The van der Waals surface area contributed by atoms with Gasteiger partial charge in [-0.25, -0.2) is 19.2 Å². The first-order valence-electron chi connectivity index (χ1n) is 21.9. The predicted molar refractivity (Wildman–Crippen MR) is 256 cm³/mol. The maximum absolute atomic E-state index is 12.1. The lowest BCUT2D eigenvalue weighted by Crippen LogP contribution is -2.13. The fraction of sp³-hybridized carbons (Fsp3) is 0.0714. The van der Waals surface area contributed by atoms with Crippen LogP contribution in [0.4, 0.5) is 0 Å². The van der Waals surface area contributed by atoms with Crippen LogP contribution in [0.15, 0.2) is 146 Å². The molecule has 0 amide bonds. The molecule has 16 nitrogen and oxygen atoms in total. The molecule has 1 aliphatic carbocycles. The zero-order valence-corrected chi connectivity index (χ0v) is 37.2. The number of carboxylic acids is 4. The number of phenols is 8. The minimum Gasteiger partial charge on any atom is -0.507 e. The van der Waals surface area contributed by atoms with Crippen molar-refractivity contribution >= 4 is 23.9 Å². The highest BCUT2D eigenvalue weighted by Gasteiger charge is 2.35. The van der Waals surface area contributed by atoms with Crippen molar-refractivity contribution in [3.63, 3.8) is 0 Å². The molecule has 0 radical (unpaired) electrons. The van der Waals surface area contributed by atoms with Gasteiger partial charge in [0.1, 0.15) is 46.0 Å². The van der Waals surface area contributed by atoms with Crippen LogP contribution < -0.4 is 0 Å². The van der Waals surface area contributed by atoms with Crippen molar-refractivity contribution in [1.82, 2.24) is 0 Å². The number of carboxylic acid groups (broad SMARTS) is 4. The van der Waals surface area contributed by atoms with Crippen LogP contribution in [0.2, 0.25) is 0 Å². The monoisotopic (exact) mass is 968 g/mol. The van der Waals surface area contributed by atoms with Gasteiger partial charge < -0.3 is 61.3 Å². The van der Waals surface area contributed by atoms with Crippen molar-refractivity contribution in [3.8, 4) is 46.0 Å². The Morgan fingerprint density at radius 2 is 0.375 bits per heavy atom. The Hall–Kier alpha value is -9.96. The van der Waals surface area contributed by atoms with Crippen molar-refractivity contribution in [3.05, 3.63) is 235 Å². The standard InChI is InChI=1S/C56H40O16/c57-41-21-43(59)35-17-33(41)49(25-1-9-29(10-2-25)53(65)66)34-18-36(44(60)22-42(34)58)51(27-5-13-31(14-6-27)55(69)70)38-20-40(48(64)24-46(38)62)52(28-7-15-32(16-8-28)56(71)72)39-19-37(45(61)23-47(39)63)50(35)26-3-11-30(12-4-26)54(67)68/h1-24,49-52,57-64H,(H,65,66)(H,67,68)(H,69,70)(H,71,72). The largest absolute Gasteiger partial charge is 0.507 e. The Balaban J connectivity index is 1.47. The number of phenolic OH excluding ortho intramolecular Hbond substituents is 8. The van der Waals surface area contributed by atoms with E-state index in [0.29, 0.717) is 0 Å². The molecule has 8 bridgehead atoms. The Bertz CT molecular complexity index is 2940. The molecule has 0 heterocycles. The van der Waals surface area contributed by atoms with E-state index in [1.807, 2.05) is 0 Å². The molecule has 12 N–H and O–H groups in total. The van der Waals surface area contributed by atoms with E-state index in [1.54, 1.807) is 0 Å². The molecule has 1 aliphatic rings. The summed E-state index contributed by atoms with van der Waals surface area (Å²) in [6, 6.07) is 31.1. The van der Waals surface area contributed by atoms with Crippen molar-refractivity contribution in [2.24, 2.45) is 0 Å². The molecule has 0 aliphatic heterocycles. The summed E-state index contributed by atoms with van der Waals surface area (Å²) in [5.74, 6) is -14.7. The van der Waals surface area contributed by atoms with Crippen LogP contribution in [-0.2, 0) is 0 Å². The molecule has 0 fully saturated rings. The maximum atomic E-state index is 12.1. The van der Waals surface area contributed by atoms with Gasteiger partial charge in [-0.3, -0.25) is 0 Å². The molecule has 72 heavy (non-hydrogen) atoms. The number of benzene rings is 8. The van der Waals surface area contributed by atoms with Crippen molar-refractivity contribution in [2.75, 3.05) is 0 Å². The summed E-state index contributed by atoms with van der Waals surface area (Å²) in [5, 5.41) is 135. The summed E-state index contributed by atoms with van der Waals surface area (Å²) in [5.41, 5.74) is 0.224. The first-order valence-corrected chi connectivity index (χ1v) is 21.9. The van der Waals surface area contributed by atoms with Crippen LogP contribution in [-0.4, -0.2) is 85.2 Å². The molecule has 8 aromatic rings. The number of aromatic hydroxyl groups is 8. The van der Waals surface area contributed by atoms with Gasteiger partial charge in [0.15, 0.2) is 0 Å². The SMILES string of the molecule is O=C(O)c1ccc(C2c3cc(c(O)cc3O)C(c3ccc(C(=O)O)cc3)c3cc(c(O)cc3O)C(c3ccc(C(=O)O)cc3)c3cc(c(O)cc3O)C(c3ccc(C(=O)O)cc3)c3cc2c(O)cc3O)cc1. The summed E-state index contributed by atoms with van der Waals surface area (Å²) in [6.07, 6.45) is 0.